The molecule has 2 aromatic carbocycles. The number of benzene rings is 2. The Hall–Kier alpha value is -3.66. The van der Waals surface area contributed by atoms with Gasteiger partial charge in [-0.3, -0.25) is 24.6 Å². The number of carbonyl (C=O) groups is 3. The van der Waals surface area contributed by atoms with Crippen LogP contribution in [0.4, 0.5) is 5.95 Å². The predicted molar refractivity (Wildman–Crippen MR) is 114 cm³/mol. The zero-order valence-corrected chi connectivity index (χ0v) is 17.7. The fourth-order valence-corrected chi connectivity index (χ4v) is 3.69. The summed E-state index contributed by atoms with van der Waals surface area (Å²) in [6, 6.07) is 11.6. The molecule has 10 heteroatoms. The van der Waals surface area contributed by atoms with Gasteiger partial charge in [-0.2, -0.15) is 4.98 Å². The van der Waals surface area contributed by atoms with Gasteiger partial charge in [0, 0.05) is 5.56 Å². The van der Waals surface area contributed by atoms with Crippen LogP contribution in [0.5, 0.6) is 5.75 Å². The summed E-state index contributed by atoms with van der Waals surface area (Å²) in [6.07, 6.45) is 0. The number of thioether (sulfide) groups is 1. The molecule has 1 aliphatic rings. The third-order valence-electron chi connectivity index (χ3n) is 4.70. The molecule has 31 heavy (non-hydrogen) atoms. The minimum absolute atomic E-state index is 0.133. The standard InChI is InChI=1S/C21H19N5O4S/c1-3-31-21-23-20(24-25-21)22-17(27)13-6-9-15-16(10-13)19(29)26(18(15)28)11-12-4-7-14(30-2)8-5-12/h4-10H,3,11H2,1-2H3,(H2,22,23,24,25,27). The number of hydrogen-bond donors (Lipinski definition) is 2. The quantitative estimate of drug-likeness (QED) is 0.431. The average Bonchev–Trinajstić information content (AvgIpc) is 3.32. The van der Waals surface area contributed by atoms with Gasteiger partial charge in [0.05, 0.1) is 24.8 Å². The van der Waals surface area contributed by atoms with Crippen molar-refractivity contribution in [2.24, 2.45) is 0 Å². The van der Waals surface area contributed by atoms with E-state index in [2.05, 4.69) is 20.5 Å². The first-order valence-corrected chi connectivity index (χ1v) is 10.5. The number of methoxy groups -OCH3 is 1. The first-order chi connectivity index (χ1) is 15.0. The average molecular weight is 437 g/mol. The van der Waals surface area contributed by atoms with Gasteiger partial charge in [0.15, 0.2) is 0 Å². The number of hydrogen-bond acceptors (Lipinski definition) is 7. The molecule has 0 spiro atoms. The maximum absolute atomic E-state index is 12.9. The molecular weight excluding hydrogens is 418 g/mol. The number of carbonyl (C=O) groups excluding carboxylic acids is 3. The first kappa shape index (κ1) is 20.6. The minimum atomic E-state index is -0.458. The van der Waals surface area contributed by atoms with Gasteiger partial charge < -0.3 is 4.74 Å². The lowest BCUT2D eigenvalue weighted by atomic mass is 10.1. The van der Waals surface area contributed by atoms with Gasteiger partial charge in [-0.25, -0.2) is 5.10 Å². The summed E-state index contributed by atoms with van der Waals surface area (Å²) in [5, 5.41) is 9.78. The number of aromatic nitrogens is 3. The van der Waals surface area contributed by atoms with E-state index >= 15 is 0 Å². The monoisotopic (exact) mass is 437 g/mol. The van der Waals surface area contributed by atoms with Crippen LogP contribution in [0.3, 0.4) is 0 Å². The molecule has 0 saturated heterocycles. The number of imide groups is 1. The van der Waals surface area contributed by atoms with E-state index < -0.39 is 11.8 Å². The van der Waals surface area contributed by atoms with Crippen molar-refractivity contribution in [2.45, 2.75) is 18.6 Å². The van der Waals surface area contributed by atoms with Gasteiger partial charge in [0.2, 0.25) is 11.1 Å². The van der Waals surface area contributed by atoms with Gasteiger partial charge in [0.1, 0.15) is 5.75 Å². The van der Waals surface area contributed by atoms with Crippen LogP contribution in [-0.2, 0) is 6.54 Å². The van der Waals surface area contributed by atoms with Crippen molar-refractivity contribution in [3.05, 3.63) is 64.7 Å². The maximum atomic E-state index is 12.9. The highest BCUT2D eigenvalue weighted by Crippen LogP contribution is 2.26. The number of anilines is 1. The Morgan fingerprint density at radius 2 is 1.87 bits per heavy atom. The van der Waals surface area contributed by atoms with Crippen LogP contribution in [0.2, 0.25) is 0 Å². The first-order valence-electron chi connectivity index (χ1n) is 9.50. The number of amides is 3. The molecule has 0 saturated carbocycles. The molecule has 0 radical (unpaired) electrons. The molecule has 0 fully saturated rings. The summed E-state index contributed by atoms with van der Waals surface area (Å²) in [5.41, 5.74) is 1.51. The van der Waals surface area contributed by atoms with E-state index in [-0.39, 0.29) is 35.1 Å². The molecular formula is C21H19N5O4S. The molecule has 1 aromatic heterocycles. The van der Waals surface area contributed by atoms with Crippen LogP contribution < -0.4 is 10.1 Å². The van der Waals surface area contributed by atoms with E-state index in [1.807, 2.05) is 6.92 Å². The fraction of sp³-hybridized carbons (Fsp3) is 0.190. The third-order valence-corrected chi connectivity index (χ3v) is 5.43. The Morgan fingerprint density at radius 3 is 2.58 bits per heavy atom. The van der Waals surface area contributed by atoms with Crippen LogP contribution >= 0.6 is 11.8 Å². The van der Waals surface area contributed by atoms with Crippen molar-refractivity contribution < 1.29 is 19.1 Å². The highest BCUT2D eigenvalue weighted by Gasteiger charge is 2.36. The van der Waals surface area contributed by atoms with Crippen molar-refractivity contribution in [1.29, 1.82) is 0 Å². The molecule has 9 nitrogen and oxygen atoms in total. The van der Waals surface area contributed by atoms with Crippen LogP contribution in [0.25, 0.3) is 0 Å². The Morgan fingerprint density at radius 1 is 1.13 bits per heavy atom. The minimum Gasteiger partial charge on any atom is -0.497 e. The van der Waals surface area contributed by atoms with Gasteiger partial charge >= 0.3 is 0 Å². The number of rotatable bonds is 7. The summed E-state index contributed by atoms with van der Waals surface area (Å²) in [5.74, 6) is 0.421. The number of H-pyrrole nitrogens is 1. The molecule has 0 aliphatic carbocycles. The molecule has 4 rings (SSSR count). The molecule has 158 valence electrons. The summed E-state index contributed by atoms with van der Waals surface area (Å²) in [6.45, 7) is 2.11. The van der Waals surface area contributed by atoms with E-state index in [9.17, 15) is 14.4 Å². The number of nitrogens with one attached hydrogen (secondary N) is 2. The van der Waals surface area contributed by atoms with Crippen LogP contribution in [0, 0.1) is 0 Å². The lowest BCUT2D eigenvalue weighted by Crippen LogP contribution is -2.29. The largest absolute Gasteiger partial charge is 0.497 e. The molecule has 2 N–H and O–H groups in total. The molecule has 0 atom stereocenters. The van der Waals surface area contributed by atoms with Crippen molar-refractivity contribution in [2.75, 3.05) is 18.2 Å². The van der Waals surface area contributed by atoms with Gasteiger partial charge in [-0.1, -0.05) is 30.8 Å². The molecule has 0 bridgehead atoms. The Kier molecular flexibility index (Phi) is 5.72. The predicted octanol–water partition coefficient (Wildman–Crippen LogP) is 2.97. The van der Waals surface area contributed by atoms with E-state index in [4.69, 9.17) is 4.74 Å². The van der Waals surface area contributed by atoms with Gasteiger partial charge in [-0.05, 0) is 41.6 Å². The normalized spacial score (nSPS) is 12.8. The topological polar surface area (TPSA) is 117 Å². The number of nitrogens with zero attached hydrogens (tertiary/aromatic N) is 3. The van der Waals surface area contributed by atoms with E-state index in [0.717, 1.165) is 11.3 Å². The Balaban J connectivity index is 1.50. The number of fused-ring (bicyclic) bond motifs is 1. The molecule has 0 unspecified atom stereocenters. The van der Waals surface area contributed by atoms with Crippen molar-refractivity contribution >= 4 is 35.4 Å². The molecule has 3 amide bonds. The van der Waals surface area contributed by atoms with Crippen molar-refractivity contribution in [1.82, 2.24) is 20.1 Å². The van der Waals surface area contributed by atoms with Crippen molar-refractivity contribution in [3.63, 3.8) is 0 Å². The zero-order valence-electron chi connectivity index (χ0n) is 16.8. The second-order valence-corrected chi connectivity index (χ2v) is 7.89. The van der Waals surface area contributed by atoms with Crippen LogP contribution in [0.15, 0.2) is 47.6 Å². The molecule has 2 heterocycles. The summed E-state index contributed by atoms with van der Waals surface area (Å²) >= 11 is 1.44. The van der Waals surface area contributed by atoms with Gasteiger partial charge in [0.25, 0.3) is 17.7 Å². The number of ether oxygens (including phenoxy) is 1. The summed E-state index contributed by atoms with van der Waals surface area (Å²) < 4.78 is 5.13. The lowest BCUT2D eigenvalue weighted by molar-refractivity contribution is 0.0642. The Bertz CT molecular complexity index is 1160. The smallest absolute Gasteiger partial charge is 0.261 e. The molecule has 3 aromatic rings. The Labute approximate surface area is 182 Å². The fourth-order valence-electron chi connectivity index (χ4n) is 3.16. The zero-order chi connectivity index (χ0) is 22.0. The van der Waals surface area contributed by atoms with Crippen LogP contribution in [0.1, 0.15) is 43.6 Å². The second-order valence-electron chi connectivity index (χ2n) is 6.66. The van der Waals surface area contributed by atoms with Crippen molar-refractivity contribution in [3.8, 4) is 5.75 Å². The lowest BCUT2D eigenvalue weighted by Gasteiger charge is -2.14. The molecule has 1 aliphatic heterocycles. The summed E-state index contributed by atoms with van der Waals surface area (Å²) in [4.78, 5) is 43.5. The second kappa shape index (κ2) is 8.60. The van der Waals surface area contributed by atoms with Crippen LogP contribution in [-0.4, -0.2) is 50.7 Å². The highest BCUT2D eigenvalue weighted by molar-refractivity contribution is 7.99. The summed E-state index contributed by atoms with van der Waals surface area (Å²) in [7, 11) is 1.57. The van der Waals surface area contributed by atoms with E-state index in [1.54, 1.807) is 31.4 Å². The third kappa shape index (κ3) is 4.15. The van der Waals surface area contributed by atoms with Gasteiger partial charge in [-0.15, -0.1) is 5.10 Å². The van der Waals surface area contributed by atoms with E-state index in [0.29, 0.717) is 10.9 Å². The SMILES string of the molecule is CCSc1n[nH]c(NC(=O)c2ccc3c(c2)C(=O)N(Cc2ccc(OC)cc2)C3=O)n1. The highest BCUT2D eigenvalue weighted by atomic mass is 32.2. The number of aromatic amines is 1. The maximum Gasteiger partial charge on any atom is 0.261 e. The van der Waals surface area contributed by atoms with E-state index in [1.165, 1.54) is 34.9 Å².